The minimum Gasteiger partial charge on any atom is -0.478 e. The predicted molar refractivity (Wildman–Crippen MR) is 76.5 cm³/mol. The van der Waals surface area contributed by atoms with E-state index in [0.29, 0.717) is 11.4 Å². The second-order valence-electron chi connectivity index (χ2n) is 4.40. The van der Waals surface area contributed by atoms with Crippen molar-refractivity contribution in [3.8, 4) is 0 Å². The minimum absolute atomic E-state index is 0.0400. The maximum absolute atomic E-state index is 12.1. The molecule has 19 heavy (non-hydrogen) atoms. The summed E-state index contributed by atoms with van der Waals surface area (Å²) in [5, 5.41) is 8.54. The Labute approximate surface area is 116 Å². The van der Waals surface area contributed by atoms with Gasteiger partial charge in [0.15, 0.2) is 0 Å². The van der Waals surface area contributed by atoms with E-state index >= 15 is 0 Å². The van der Waals surface area contributed by atoms with E-state index in [1.54, 1.807) is 24.1 Å². The number of rotatable bonds is 6. The Hall–Kier alpha value is -1.66. The highest BCUT2D eigenvalue weighted by Crippen LogP contribution is 2.19. The second-order valence-corrected chi connectivity index (χ2v) is 5.52. The predicted octanol–water partition coefficient (Wildman–Crippen LogP) is 1.48. The number of aliphatic carboxylic acids is 1. The molecule has 1 aromatic rings. The molecule has 0 aliphatic carbocycles. The summed E-state index contributed by atoms with van der Waals surface area (Å²) in [4.78, 5) is 27.5. The van der Waals surface area contributed by atoms with E-state index in [0.717, 1.165) is 17.5 Å². The van der Waals surface area contributed by atoms with Gasteiger partial charge in [0.05, 0.1) is 4.88 Å². The van der Waals surface area contributed by atoms with Crippen LogP contribution in [0, 0.1) is 0 Å². The minimum atomic E-state index is -0.996. The maximum Gasteiger partial charge on any atom is 0.328 e. The lowest BCUT2D eigenvalue weighted by molar-refractivity contribution is -0.131. The molecular formula is C13H18N2O3S. The number of hydrogen-bond donors (Lipinski definition) is 1. The molecule has 0 spiro atoms. The highest BCUT2D eigenvalue weighted by molar-refractivity contribution is 7.14. The summed E-state index contributed by atoms with van der Waals surface area (Å²) in [6.07, 6.45) is 2.56. The Morgan fingerprint density at radius 1 is 1.26 bits per heavy atom. The molecule has 0 unspecified atom stereocenters. The molecular weight excluding hydrogens is 264 g/mol. The van der Waals surface area contributed by atoms with Crippen LogP contribution in [0.2, 0.25) is 0 Å². The van der Waals surface area contributed by atoms with Crippen LogP contribution in [0.15, 0.2) is 18.2 Å². The lowest BCUT2D eigenvalue weighted by atomic mass is 10.3. The molecule has 0 saturated heterocycles. The smallest absolute Gasteiger partial charge is 0.328 e. The summed E-state index contributed by atoms with van der Waals surface area (Å²) in [6.45, 7) is 1.46. The van der Waals surface area contributed by atoms with Gasteiger partial charge in [-0.3, -0.25) is 4.79 Å². The van der Waals surface area contributed by atoms with E-state index in [-0.39, 0.29) is 5.91 Å². The van der Waals surface area contributed by atoms with E-state index < -0.39 is 5.97 Å². The summed E-state index contributed by atoms with van der Waals surface area (Å²) >= 11 is 1.29. The highest BCUT2D eigenvalue weighted by atomic mass is 32.1. The van der Waals surface area contributed by atoms with E-state index in [1.807, 2.05) is 19.0 Å². The average Bonchev–Trinajstić information content (AvgIpc) is 2.81. The van der Waals surface area contributed by atoms with Crippen LogP contribution in [0.1, 0.15) is 14.5 Å². The molecule has 1 aromatic heterocycles. The van der Waals surface area contributed by atoms with Crippen LogP contribution in [0.25, 0.3) is 6.08 Å². The molecule has 1 rings (SSSR count). The van der Waals surface area contributed by atoms with Crippen molar-refractivity contribution in [3.05, 3.63) is 28.0 Å². The van der Waals surface area contributed by atoms with Gasteiger partial charge in [0.1, 0.15) is 0 Å². The largest absolute Gasteiger partial charge is 0.478 e. The first-order chi connectivity index (χ1) is 8.90. The fourth-order valence-corrected chi connectivity index (χ4v) is 2.26. The fourth-order valence-electron chi connectivity index (χ4n) is 1.35. The summed E-state index contributed by atoms with van der Waals surface area (Å²) in [5.74, 6) is -1.04. The van der Waals surface area contributed by atoms with Gasteiger partial charge in [-0.25, -0.2) is 4.79 Å². The zero-order valence-corrected chi connectivity index (χ0v) is 12.1. The summed E-state index contributed by atoms with van der Waals surface area (Å²) in [5.41, 5.74) is 0. The van der Waals surface area contributed by atoms with Crippen molar-refractivity contribution in [1.29, 1.82) is 0 Å². The monoisotopic (exact) mass is 282 g/mol. The van der Waals surface area contributed by atoms with Crippen molar-refractivity contribution in [1.82, 2.24) is 9.80 Å². The number of thiophene rings is 1. The Morgan fingerprint density at radius 3 is 2.53 bits per heavy atom. The quantitative estimate of drug-likeness (QED) is 0.803. The van der Waals surface area contributed by atoms with Gasteiger partial charge < -0.3 is 14.9 Å². The molecule has 0 aromatic carbocycles. The van der Waals surface area contributed by atoms with Crippen LogP contribution < -0.4 is 0 Å². The van der Waals surface area contributed by atoms with Gasteiger partial charge in [-0.2, -0.15) is 0 Å². The van der Waals surface area contributed by atoms with E-state index in [1.165, 1.54) is 17.4 Å². The lowest BCUT2D eigenvalue weighted by Gasteiger charge is -2.18. The third kappa shape index (κ3) is 5.23. The summed E-state index contributed by atoms with van der Waals surface area (Å²) < 4.78 is 0. The summed E-state index contributed by atoms with van der Waals surface area (Å²) in [7, 11) is 5.68. The first kappa shape index (κ1) is 15.4. The molecule has 6 heteroatoms. The highest BCUT2D eigenvalue weighted by Gasteiger charge is 2.13. The zero-order valence-electron chi connectivity index (χ0n) is 11.3. The van der Waals surface area contributed by atoms with Crippen LogP contribution in [-0.2, 0) is 4.79 Å². The number of carboxylic acids is 1. The molecule has 1 N–H and O–H groups in total. The number of hydrogen-bond acceptors (Lipinski definition) is 4. The number of nitrogens with zero attached hydrogens (tertiary/aromatic N) is 2. The third-order valence-corrected chi connectivity index (χ3v) is 3.50. The van der Waals surface area contributed by atoms with Gasteiger partial charge in [-0.1, -0.05) is 0 Å². The van der Waals surface area contributed by atoms with Gasteiger partial charge >= 0.3 is 5.97 Å². The van der Waals surface area contributed by atoms with Crippen molar-refractivity contribution >= 4 is 29.3 Å². The number of amides is 1. The van der Waals surface area contributed by atoms with E-state index in [2.05, 4.69) is 0 Å². The van der Waals surface area contributed by atoms with Crippen molar-refractivity contribution in [2.24, 2.45) is 0 Å². The number of carbonyl (C=O) groups excluding carboxylic acids is 1. The average molecular weight is 282 g/mol. The Morgan fingerprint density at radius 2 is 1.95 bits per heavy atom. The zero-order chi connectivity index (χ0) is 14.4. The summed E-state index contributed by atoms with van der Waals surface area (Å²) in [6, 6.07) is 3.47. The van der Waals surface area contributed by atoms with Crippen molar-refractivity contribution in [2.45, 2.75) is 0 Å². The molecule has 0 atom stereocenters. The normalized spacial score (nSPS) is 11.2. The van der Waals surface area contributed by atoms with E-state index in [4.69, 9.17) is 5.11 Å². The fraction of sp³-hybridized carbons (Fsp3) is 0.385. The van der Waals surface area contributed by atoms with Gasteiger partial charge in [0, 0.05) is 31.1 Å². The molecule has 0 radical (unpaired) electrons. The Kier molecular flexibility index (Phi) is 5.72. The van der Waals surface area contributed by atoms with Gasteiger partial charge in [-0.05, 0) is 32.3 Å². The molecule has 0 saturated carbocycles. The van der Waals surface area contributed by atoms with Crippen LogP contribution in [-0.4, -0.2) is 61.0 Å². The van der Waals surface area contributed by atoms with Crippen LogP contribution in [0.5, 0.6) is 0 Å². The number of carbonyl (C=O) groups is 2. The molecule has 0 bridgehead atoms. The molecule has 0 fully saturated rings. The van der Waals surface area contributed by atoms with E-state index in [9.17, 15) is 9.59 Å². The first-order valence-corrected chi connectivity index (χ1v) is 6.63. The first-order valence-electron chi connectivity index (χ1n) is 5.81. The molecule has 0 aliphatic rings. The van der Waals surface area contributed by atoms with Crippen molar-refractivity contribution in [3.63, 3.8) is 0 Å². The topological polar surface area (TPSA) is 60.9 Å². The van der Waals surface area contributed by atoms with Crippen molar-refractivity contribution in [2.75, 3.05) is 34.2 Å². The maximum atomic E-state index is 12.1. The molecule has 0 aliphatic heterocycles. The molecule has 5 nitrogen and oxygen atoms in total. The SMILES string of the molecule is CN(C)CCN(C)C(=O)c1ccc(C=CC(=O)O)s1. The van der Waals surface area contributed by atoms with Gasteiger partial charge in [0.2, 0.25) is 0 Å². The standard InChI is InChI=1S/C13H18N2O3S/c1-14(2)8-9-15(3)13(18)11-6-4-10(19-11)5-7-12(16)17/h4-7H,8-9H2,1-3H3,(H,16,17). The molecule has 1 heterocycles. The molecule has 1 amide bonds. The number of likely N-dealkylation sites (N-methyl/N-ethyl adjacent to an activating group) is 2. The van der Waals surface area contributed by atoms with Gasteiger partial charge in [-0.15, -0.1) is 11.3 Å². The van der Waals surface area contributed by atoms with Crippen LogP contribution in [0.3, 0.4) is 0 Å². The second kappa shape index (κ2) is 7.06. The Balaban J connectivity index is 2.65. The van der Waals surface area contributed by atoms with Gasteiger partial charge in [0.25, 0.3) is 5.91 Å². The van der Waals surface area contributed by atoms with Crippen LogP contribution >= 0.6 is 11.3 Å². The molecule has 104 valence electrons. The third-order valence-electron chi connectivity index (χ3n) is 2.46. The van der Waals surface area contributed by atoms with Crippen molar-refractivity contribution < 1.29 is 14.7 Å². The lowest BCUT2D eigenvalue weighted by Crippen LogP contribution is -2.33. The Bertz CT molecular complexity index is 480. The number of carboxylic acid groups (broad SMARTS) is 1. The van der Waals surface area contributed by atoms with Crippen LogP contribution in [0.4, 0.5) is 0 Å².